The summed E-state index contributed by atoms with van der Waals surface area (Å²) in [6.07, 6.45) is 5.98. The number of nitrogens with zero attached hydrogens (tertiary/aromatic N) is 1. The quantitative estimate of drug-likeness (QED) is 0.830. The molecule has 1 heterocycles. The van der Waals surface area contributed by atoms with Gasteiger partial charge in [0.15, 0.2) is 0 Å². The minimum atomic E-state index is -0.315. The van der Waals surface area contributed by atoms with E-state index in [1.165, 1.54) is 0 Å². The number of aliphatic hydroxyl groups excluding tert-OH is 1. The van der Waals surface area contributed by atoms with Gasteiger partial charge >= 0.3 is 5.69 Å². The highest BCUT2D eigenvalue weighted by atomic mass is 16.3. The van der Waals surface area contributed by atoms with Crippen LogP contribution in [0.1, 0.15) is 37.3 Å². The standard InChI is InChI=1S/C14H20N2O3/c1-8-6-16(14(19)15-13(8)18)11-5-4-9-2-3-10(7-17)12(9)11/h6,9-12,17H,2-5,7H2,1H3,(H,15,18,19)/t9-,10-,11-,12+/m0/s1. The molecule has 104 valence electrons. The smallest absolute Gasteiger partial charge is 0.328 e. The van der Waals surface area contributed by atoms with Crippen molar-refractivity contribution < 1.29 is 5.11 Å². The number of fused-ring (bicyclic) bond motifs is 1. The third-order valence-electron chi connectivity index (χ3n) is 5.01. The van der Waals surface area contributed by atoms with Crippen molar-refractivity contribution in [1.29, 1.82) is 0 Å². The molecule has 0 bridgehead atoms. The lowest BCUT2D eigenvalue weighted by molar-refractivity contribution is 0.160. The Morgan fingerprint density at radius 3 is 2.79 bits per heavy atom. The Morgan fingerprint density at radius 1 is 1.32 bits per heavy atom. The monoisotopic (exact) mass is 264 g/mol. The van der Waals surface area contributed by atoms with Gasteiger partial charge in [-0.2, -0.15) is 0 Å². The summed E-state index contributed by atoms with van der Waals surface area (Å²) in [7, 11) is 0. The SMILES string of the molecule is Cc1cn([C@H]2CC[C@@H]3CC[C@@H](CO)[C@@H]32)c(=O)[nH]c1=O. The van der Waals surface area contributed by atoms with Crippen molar-refractivity contribution in [1.82, 2.24) is 9.55 Å². The summed E-state index contributed by atoms with van der Waals surface area (Å²) < 4.78 is 1.69. The minimum absolute atomic E-state index is 0.132. The number of hydrogen-bond donors (Lipinski definition) is 2. The first-order chi connectivity index (χ1) is 9.11. The fraction of sp³-hybridized carbons (Fsp3) is 0.714. The van der Waals surface area contributed by atoms with Gasteiger partial charge < -0.3 is 5.11 Å². The second-order valence-electron chi connectivity index (χ2n) is 5.98. The first-order valence-electron chi connectivity index (χ1n) is 7.04. The molecule has 5 heteroatoms. The predicted octanol–water partition coefficient (Wildman–Crippen LogP) is 0.815. The maximum absolute atomic E-state index is 12.0. The fourth-order valence-corrected chi connectivity index (χ4v) is 4.11. The van der Waals surface area contributed by atoms with E-state index in [2.05, 4.69) is 4.98 Å². The highest BCUT2D eigenvalue weighted by Crippen LogP contribution is 2.52. The van der Waals surface area contributed by atoms with Gasteiger partial charge in [0.05, 0.1) is 0 Å². The van der Waals surface area contributed by atoms with Crippen LogP contribution in [0.2, 0.25) is 0 Å². The topological polar surface area (TPSA) is 75.1 Å². The van der Waals surface area contributed by atoms with Crippen LogP contribution in [0, 0.1) is 24.7 Å². The van der Waals surface area contributed by atoms with Crippen LogP contribution in [0.3, 0.4) is 0 Å². The molecule has 2 saturated carbocycles. The van der Waals surface area contributed by atoms with E-state index in [1.807, 2.05) is 0 Å². The van der Waals surface area contributed by atoms with Gasteiger partial charge in [0.2, 0.25) is 0 Å². The Morgan fingerprint density at radius 2 is 2.05 bits per heavy atom. The third-order valence-corrected chi connectivity index (χ3v) is 5.01. The van der Waals surface area contributed by atoms with Gasteiger partial charge in [-0.15, -0.1) is 0 Å². The van der Waals surface area contributed by atoms with Crippen molar-refractivity contribution in [2.75, 3.05) is 6.61 Å². The second kappa shape index (κ2) is 4.63. The van der Waals surface area contributed by atoms with E-state index < -0.39 is 0 Å². The summed E-state index contributed by atoms with van der Waals surface area (Å²) in [4.78, 5) is 25.8. The third kappa shape index (κ3) is 1.96. The number of aryl methyl sites for hydroxylation is 1. The maximum atomic E-state index is 12.0. The molecule has 2 aliphatic carbocycles. The van der Waals surface area contributed by atoms with Crippen LogP contribution >= 0.6 is 0 Å². The average molecular weight is 264 g/mol. The van der Waals surface area contributed by atoms with Gasteiger partial charge in [0.1, 0.15) is 0 Å². The Bertz CT molecular complexity index is 589. The molecule has 0 unspecified atom stereocenters. The molecule has 3 rings (SSSR count). The molecule has 1 aromatic rings. The molecular weight excluding hydrogens is 244 g/mol. The fourth-order valence-electron chi connectivity index (χ4n) is 4.11. The van der Waals surface area contributed by atoms with Crippen LogP contribution < -0.4 is 11.2 Å². The lowest BCUT2D eigenvalue weighted by Crippen LogP contribution is -2.36. The summed E-state index contributed by atoms with van der Waals surface area (Å²) in [5.74, 6) is 1.31. The van der Waals surface area contributed by atoms with Crippen molar-refractivity contribution in [3.05, 3.63) is 32.6 Å². The van der Waals surface area contributed by atoms with Crippen LogP contribution in [-0.2, 0) is 0 Å². The first kappa shape index (κ1) is 12.7. The van der Waals surface area contributed by atoms with E-state index in [4.69, 9.17) is 0 Å². The molecule has 2 N–H and O–H groups in total. The van der Waals surface area contributed by atoms with Gasteiger partial charge in [-0.1, -0.05) is 0 Å². The van der Waals surface area contributed by atoms with Crippen LogP contribution in [0.5, 0.6) is 0 Å². The van der Waals surface area contributed by atoms with Gasteiger partial charge in [-0.25, -0.2) is 4.79 Å². The number of H-pyrrole nitrogens is 1. The van der Waals surface area contributed by atoms with E-state index in [-0.39, 0.29) is 23.9 Å². The van der Waals surface area contributed by atoms with Crippen LogP contribution in [0.4, 0.5) is 0 Å². The molecule has 0 radical (unpaired) electrons. The molecule has 2 aliphatic rings. The molecule has 0 aromatic carbocycles. The van der Waals surface area contributed by atoms with E-state index >= 15 is 0 Å². The van der Waals surface area contributed by atoms with Crippen LogP contribution in [0.15, 0.2) is 15.8 Å². The largest absolute Gasteiger partial charge is 0.396 e. The van der Waals surface area contributed by atoms with E-state index in [9.17, 15) is 14.7 Å². The van der Waals surface area contributed by atoms with Crippen molar-refractivity contribution in [2.45, 2.75) is 38.6 Å². The first-order valence-corrected chi connectivity index (χ1v) is 7.04. The predicted molar refractivity (Wildman–Crippen MR) is 71.1 cm³/mol. The second-order valence-corrected chi connectivity index (χ2v) is 5.98. The molecule has 0 aliphatic heterocycles. The molecular formula is C14H20N2O3. The number of rotatable bonds is 2. The van der Waals surface area contributed by atoms with E-state index in [0.717, 1.165) is 25.7 Å². The average Bonchev–Trinajstić information content (AvgIpc) is 2.95. The molecule has 0 spiro atoms. The van der Waals surface area contributed by atoms with Crippen molar-refractivity contribution >= 4 is 0 Å². The zero-order chi connectivity index (χ0) is 13.6. The van der Waals surface area contributed by atoms with Crippen molar-refractivity contribution in [3.63, 3.8) is 0 Å². The van der Waals surface area contributed by atoms with Gasteiger partial charge in [-0.05, 0) is 50.4 Å². The molecule has 5 nitrogen and oxygen atoms in total. The van der Waals surface area contributed by atoms with Gasteiger partial charge in [0, 0.05) is 24.4 Å². The molecule has 0 saturated heterocycles. The van der Waals surface area contributed by atoms with E-state index in [1.54, 1.807) is 17.7 Å². The number of aromatic amines is 1. The Kier molecular flexibility index (Phi) is 3.09. The normalized spacial score (nSPS) is 33.6. The maximum Gasteiger partial charge on any atom is 0.328 e. The highest BCUT2D eigenvalue weighted by molar-refractivity contribution is 5.05. The molecule has 4 atom stereocenters. The summed E-state index contributed by atoms with van der Waals surface area (Å²) in [6, 6.07) is 0.132. The van der Waals surface area contributed by atoms with Crippen molar-refractivity contribution in [2.24, 2.45) is 17.8 Å². The van der Waals surface area contributed by atoms with Gasteiger partial charge in [-0.3, -0.25) is 14.3 Å². The lowest BCUT2D eigenvalue weighted by Gasteiger charge is -2.26. The number of aromatic nitrogens is 2. The summed E-state index contributed by atoms with van der Waals surface area (Å²) in [5.41, 5.74) is -0.0487. The minimum Gasteiger partial charge on any atom is -0.396 e. The highest BCUT2D eigenvalue weighted by Gasteiger charge is 2.45. The molecule has 2 fully saturated rings. The Labute approximate surface area is 111 Å². The van der Waals surface area contributed by atoms with Crippen LogP contribution in [0.25, 0.3) is 0 Å². The lowest BCUT2D eigenvalue weighted by atomic mass is 9.89. The Hall–Kier alpha value is -1.36. The van der Waals surface area contributed by atoms with E-state index in [0.29, 0.717) is 23.3 Å². The molecule has 19 heavy (non-hydrogen) atoms. The molecule has 0 amide bonds. The number of aliphatic hydroxyl groups is 1. The van der Waals surface area contributed by atoms with Crippen molar-refractivity contribution in [3.8, 4) is 0 Å². The zero-order valence-electron chi connectivity index (χ0n) is 11.1. The number of nitrogens with one attached hydrogen (secondary N) is 1. The number of hydrogen-bond acceptors (Lipinski definition) is 3. The Balaban J connectivity index is 2.01. The van der Waals surface area contributed by atoms with Crippen LogP contribution in [-0.4, -0.2) is 21.3 Å². The summed E-state index contributed by atoms with van der Waals surface area (Å²) in [5, 5.41) is 9.50. The molecule has 1 aromatic heterocycles. The summed E-state index contributed by atoms with van der Waals surface area (Å²) in [6.45, 7) is 1.92. The van der Waals surface area contributed by atoms with Gasteiger partial charge in [0.25, 0.3) is 5.56 Å². The summed E-state index contributed by atoms with van der Waals surface area (Å²) >= 11 is 0. The zero-order valence-corrected chi connectivity index (χ0v) is 11.1.